The summed E-state index contributed by atoms with van der Waals surface area (Å²) in [5.74, 6) is 0.253. The van der Waals surface area contributed by atoms with Gasteiger partial charge in [0.05, 0.1) is 6.61 Å². The molecule has 3 aromatic rings. The maximum atomic E-state index is 12.1. The van der Waals surface area contributed by atoms with Gasteiger partial charge in [0, 0.05) is 5.56 Å². The molecule has 3 rings (SSSR count). The highest BCUT2D eigenvalue weighted by Crippen LogP contribution is 2.22. The Morgan fingerprint density at radius 3 is 2.21 bits per heavy atom. The van der Waals surface area contributed by atoms with Gasteiger partial charge < -0.3 is 9.47 Å². The summed E-state index contributed by atoms with van der Waals surface area (Å²) >= 11 is 0. The second-order valence-corrected chi connectivity index (χ2v) is 6.14. The molecule has 29 heavy (non-hydrogen) atoms. The highest BCUT2D eigenvalue weighted by molar-refractivity contribution is 5.95. The molecule has 0 aliphatic heterocycles. The average molecular weight is 390 g/mol. The van der Waals surface area contributed by atoms with Gasteiger partial charge in [-0.25, -0.2) is 0 Å². The third-order valence-corrected chi connectivity index (χ3v) is 4.05. The van der Waals surface area contributed by atoms with E-state index in [9.17, 15) is 9.59 Å². The third-order valence-electron chi connectivity index (χ3n) is 4.05. The fraction of sp³-hybridized carbons (Fsp3) is 0.130. The highest BCUT2D eigenvalue weighted by atomic mass is 16.5. The smallest absolute Gasteiger partial charge is 0.276 e. The molecule has 2 amide bonds. The van der Waals surface area contributed by atoms with Crippen molar-refractivity contribution in [2.24, 2.45) is 0 Å². The molecule has 0 aliphatic carbocycles. The van der Waals surface area contributed by atoms with E-state index in [-0.39, 0.29) is 6.61 Å². The van der Waals surface area contributed by atoms with Gasteiger partial charge in [-0.2, -0.15) is 0 Å². The number of amides is 2. The first-order valence-electron chi connectivity index (χ1n) is 9.26. The summed E-state index contributed by atoms with van der Waals surface area (Å²) in [6, 6.07) is 24.1. The van der Waals surface area contributed by atoms with Crippen molar-refractivity contribution < 1.29 is 19.1 Å². The zero-order valence-corrected chi connectivity index (χ0v) is 16.1. The highest BCUT2D eigenvalue weighted by Gasteiger charge is 2.09. The summed E-state index contributed by atoms with van der Waals surface area (Å²) in [6.07, 6.45) is 0. The molecule has 6 nitrogen and oxygen atoms in total. The van der Waals surface area contributed by atoms with Crippen LogP contribution in [0.4, 0.5) is 0 Å². The van der Waals surface area contributed by atoms with E-state index in [1.54, 1.807) is 36.4 Å². The van der Waals surface area contributed by atoms with Gasteiger partial charge in [0.1, 0.15) is 11.5 Å². The van der Waals surface area contributed by atoms with E-state index in [1.165, 1.54) is 0 Å². The van der Waals surface area contributed by atoms with Gasteiger partial charge >= 0.3 is 0 Å². The lowest BCUT2D eigenvalue weighted by molar-refractivity contribution is -0.123. The average Bonchev–Trinajstić information content (AvgIpc) is 2.77. The number of hydrazine groups is 1. The van der Waals surface area contributed by atoms with Crippen molar-refractivity contribution in [2.45, 2.75) is 6.92 Å². The Morgan fingerprint density at radius 1 is 0.759 bits per heavy atom. The lowest BCUT2D eigenvalue weighted by Crippen LogP contribution is -2.43. The van der Waals surface area contributed by atoms with Gasteiger partial charge in [-0.05, 0) is 48.4 Å². The van der Waals surface area contributed by atoms with Crippen molar-refractivity contribution >= 4 is 11.8 Å². The Hall–Kier alpha value is -3.80. The molecule has 0 radical (unpaired) electrons. The number of hydrogen-bond donors (Lipinski definition) is 2. The van der Waals surface area contributed by atoms with Gasteiger partial charge in [0.2, 0.25) is 0 Å². The second-order valence-electron chi connectivity index (χ2n) is 6.14. The maximum Gasteiger partial charge on any atom is 0.276 e. The summed E-state index contributed by atoms with van der Waals surface area (Å²) in [5, 5.41) is 0. The zero-order chi connectivity index (χ0) is 20.5. The van der Waals surface area contributed by atoms with Crippen LogP contribution >= 0.6 is 0 Å². The van der Waals surface area contributed by atoms with Crippen LogP contribution in [0.3, 0.4) is 0 Å². The lowest BCUT2D eigenvalue weighted by Gasteiger charge is -2.10. The third kappa shape index (κ3) is 5.84. The molecule has 6 heteroatoms. The van der Waals surface area contributed by atoms with Crippen molar-refractivity contribution in [2.75, 3.05) is 13.2 Å². The van der Waals surface area contributed by atoms with Crippen molar-refractivity contribution in [1.82, 2.24) is 10.9 Å². The first-order valence-corrected chi connectivity index (χ1v) is 9.26. The molecular weight excluding hydrogens is 368 g/mol. The van der Waals surface area contributed by atoms with Gasteiger partial charge in [-0.3, -0.25) is 20.4 Å². The topological polar surface area (TPSA) is 76.7 Å². The number of ether oxygens (including phenoxy) is 2. The SMILES string of the molecule is CCOc1cccc(C(=O)NNC(=O)COc2ccc(-c3ccccc3)cc2)c1. The van der Waals surface area contributed by atoms with E-state index in [0.717, 1.165) is 11.1 Å². The number of hydrogen-bond acceptors (Lipinski definition) is 4. The molecule has 0 unspecified atom stereocenters. The van der Waals surface area contributed by atoms with Gasteiger partial charge in [0.25, 0.3) is 11.8 Å². The first kappa shape index (κ1) is 19.9. The van der Waals surface area contributed by atoms with E-state index < -0.39 is 11.8 Å². The maximum absolute atomic E-state index is 12.1. The van der Waals surface area contributed by atoms with E-state index >= 15 is 0 Å². The monoisotopic (exact) mass is 390 g/mol. The van der Waals surface area contributed by atoms with Gasteiger partial charge in [0.15, 0.2) is 6.61 Å². The van der Waals surface area contributed by atoms with Crippen LogP contribution in [0.1, 0.15) is 17.3 Å². The Labute approximate surface area is 169 Å². The van der Waals surface area contributed by atoms with Crippen LogP contribution in [-0.2, 0) is 4.79 Å². The molecule has 0 bridgehead atoms. The summed E-state index contributed by atoms with van der Waals surface area (Å²) in [7, 11) is 0. The quantitative estimate of drug-likeness (QED) is 0.605. The predicted octanol–water partition coefficient (Wildman–Crippen LogP) is 3.59. The molecule has 0 fully saturated rings. The Balaban J connectivity index is 1.46. The largest absolute Gasteiger partial charge is 0.494 e. The Kier molecular flexibility index (Phi) is 6.84. The second kappa shape index (κ2) is 9.94. The molecule has 0 atom stereocenters. The predicted molar refractivity (Wildman–Crippen MR) is 111 cm³/mol. The minimum Gasteiger partial charge on any atom is -0.494 e. The normalized spacial score (nSPS) is 10.1. The van der Waals surface area contributed by atoms with Gasteiger partial charge in [-0.1, -0.05) is 48.5 Å². The number of rotatable bonds is 7. The standard InChI is InChI=1S/C23H22N2O4/c1-2-28-21-10-6-9-19(15-21)23(27)25-24-22(26)16-29-20-13-11-18(12-14-20)17-7-4-3-5-8-17/h3-15H,2,16H2,1H3,(H,24,26)(H,25,27). The van der Waals surface area contributed by atoms with Crippen LogP contribution in [0.2, 0.25) is 0 Å². The fourth-order valence-corrected chi connectivity index (χ4v) is 2.65. The van der Waals surface area contributed by atoms with E-state index in [4.69, 9.17) is 9.47 Å². The summed E-state index contributed by atoms with van der Waals surface area (Å²) in [6.45, 7) is 2.15. The molecule has 0 aromatic heterocycles. The molecule has 148 valence electrons. The van der Waals surface area contributed by atoms with Crippen molar-refractivity contribution in [1.29, 1.82) is 0 Å². The van der Waals surface area contributed by atoms with Crippen LogP contribution < -0.4 is 20.3 Å². The van der Waals surface area contributed by atoms with Crippen molar-refractivity contribution in [3.05, 3.63) is 84.4 Å². The first-order chi connectivity index (χ1) is 14.2. The molecular formula is C23H22N2O4. The minimum absolute atomic E-state index is 0.218. The minimum atomic E-state index is -0.466. The van der Waals surface area contributed by atoms with Crippen LogP contribution in [0.5, 0.6) is 11.5 Å². The number of carbonyl (C=O) groups excluding carboxylic acids is 2. The molecule has 0 aliphatic rings. The van der Waals surface area contributed by atoms with Crippen LogP contribution in [0, 0.1) is 0 Å². The van der Waals surface area contributed by atoms with E-state index in [2.05, 4.69) is 10.9 Å². The zero-order valence-electron chi connectivity index (χ0n) is 16.1. The van der Waals surface area contributed by atoms with E-state index in [1.807, 2.05) is 49.4 Å². The molecule has 0 spiro atoms. The lowest BCUT2D eigenvalue weighted by atomic mass is 10.1. The molecule has 3 aromatic carbocycles. The number of nitrogens with one attached hydrogen (secondary N) is 2. The fourth-order valence-electron chi connectivity index (χ4n) is 2.65. The molecule has 0 saturated carbocycles. The van der Waals surface area contributed by atoms with Crippen molar-refractivity contribution in [3.8, 4) is 22.6 Å². The Bertz CT molecular complexity index is 956. The molecule has 0 heterocycles. The summed E-state index contributed by atoms with van der Waals surface area (Å²) in [5.41, 5.74) is 7.24. The van der Waals surface area contributed by atoms with Crippen LogP contribution in [0.25, 0.3) is 11.1 Å². The molecule has 0 saturated heterocycles. The number of benzene rings is 3. The van der Waals surface area contributed by atoms with Gasteiger partial charge in [-0.15, -0.1) is 0 Å². The van der Waals surface area contributed by atoms with E-state index in [0.29, 0.717) is 23.7 Å². The molecule has 2 N–H and O–H groups in total. The summed E-state index contributed by atoms with van der Waals surface area (Å²) < 4.78 is 10.8. The van der Waals surface area contributed by atoms with Crippen LogP contribution in [0.15, 0.2) is 78.9 Å². The summed E-state index contributed by atoms with van der Waals surface area (Å²) in [4.78, 5) is 24.1. The number of carbonyl (C=O) groups is 2. The van der Waals surface area contributed by atoms with Crippen LogP contribution in [-0.4, -0.2) is 25.0 Å². The van der Waals surface area contributed by atoms with Crippen molar-refractivity contribution in [3.63, 3.8) is 0 Å². The Morgan fingerprint density at radius 2 is 1.48 bits per heavy atom.